The molecular formula is C10H8BrNO3. The standard InChI is InChI=1S/C10H8BrNO3/c1-14-8-4-6(5-12)3-7(11)9(8)10(13)15-2/h3-4H,1-2H3. The van der Waals surface area contributed by atoms with E-state index in [1.54, 1.807) is 0 Å². The van der Waals surface area contributed by atoms with Gasteiger partial charge >= 0.3 is 5.97 Å². The van der Waals surface area contributed by atoms with Gasteiger partial charge in [-0.3, -0.25) is 0 Å². The van der Waals surface area contributed by atoms with E-state index in [1.807, 2.05) is 6.07 Å². The van der Waals surface area contributed by atoms with Crippen LogP contribution in [0.25, 0.3) is 0 Å². The Morgan fingerprint density at radius 2 is 2.13 bits per heavy atom. The molecule has 78 valence electrons. The molecule has 4 nitrogen and oxygen atoms in total. The Kier molecular flexibility index (Phi) is 3.69. The van der Waals surface area contributed by atoms with E-state index in [0.717, 1.165) is 0 Å². The van der Waals surface area contributed by atoms with Crippen molar-refractivity contribution >= 4 is 21.9 Å². The fourth-order valence-electron chi connectivity index (χ4n) is 1.11. The van der Waals surface area contributed by atoms with Crippen molar-refractivity contribution in [2.24, 2.45) is 0 Å². The number of methoxy groups -OCH3 is 2. The van der Waals surface area contributed by atoms with Gasteiger partial charge in [0, 0.05) is 4.47 Å². The summed E-state index contributed by atoms with van der Waals surface area (Å²) in [5, 5.41) is 8.73. The average Bonchev–Trinajstić information content (AvgIpc) is 2.26. The third-order valence-electron chi connectivity index (χ3n) is 1.79. The molecule has 0 amide bonds. The first kappa shape index (κ1) is 11.5. The highest BCUT2D eigenvalue weighted by atomic mass is 79.9. The van der Waals surface area contributed by atoms with Gasteiger partial charge in [0.1, 0.15) is 11.3 Å². The lowest BCUT2D eigenvalue weighted by atomic mass is 10.1. The molecule has 0 saturated carbocycles. The molecule has 1 aromatic rings. The summed E-state index contributed by atoms with van der Waals surface area (Å²) in [6.07, 6.45) is 0. The van der Waals surface area contributed by atoms with Crippen molar-refractivity contribution < 1.29 is 14.3 Å². The molecule has 0 saturated heterocycles. The smallest absolute Gasteiger partial charge is 0.342 e. The van der Waals surface area contributed by atoms with Gasteiger partial charge in [0.15, 0.2) is 0 Å². The molecule has 0 spiro atoms. The summed E-state index contributed by atoms with van der Waals surface area (Å²) in [6.45, 7) is 0. The van der Waals surface area contributed by atoms with Gasteiger partial charge in [-0.25, -0.2) is 4.79 Å². The number of ether oxygens (including phenoxy) is 2. The molecule has 0 aliphatic heterocycles. The molecule has 1 aromatic carbocycles. The summed E-state index contributed by atoms with van der Waals surface area (Å²) in [6, 6.07) is 4.98. The van der Waals surface area contributed by atoms with Gasteiger partial charge in [-0.2, -0.15) is 5.26 Å². The quantitative estimate of drug-likeness (QED) is 0.772. The average molecular weight is 270 g/mol. The first-order valence-corrected chi connectivity index (χ1v) is 4.79. The SMILES string of the molecule is COC(=O)c1c(Br)cc(C#N)cc1OC. The molecule has 5 heteroatoms. The van der Waals surface area contributed by atoms with Crippen LogP contribution in [0.4, 0.5) is 0 Å². The van der Waals surface area contributed by atoms with Crippen LogP contribution >= 0.6 is 15.9 Å². The van der Waals surface area contributed by atoms with E-state index in [2.05, 4.69) is 20.7 Å². The zero-order valence-electron chi connectivity index (χ0n) is 8.20. The first-order chi connectivity index (χ1) is 7.13. The van der Waals surface area contributed by atoms with Crippen molar-refractivity contribution in [3.8, 4) is 11.8 Å². The number of rotatable bonds is 2. The minimum absolute atomic E-state index is 0.277. The highest BCUT2D eigenvalue weighted by molar-refractivity contribution is 9.10. The number of halogens is 1. The van der Waals surface area contributed by atoms with E-state index < -0.39 is 5.97 Å². The third-order valence-corrected chi connectivity index (χ3v) is 2.42. The van der Waals surface area contributed by atoms with E-state index in [9.17, 15) is 4.79 Å². The Bertz CT molecular complexity index is 437. The monoisotopic (exact) mass is 269 g/mol. The van der Waals surface area contributed by atoms with Crippen molar-refractivity contribution in [2.75, 3.05) is 14.2 Å². The number of carbonyl (C=O) groups excluding carboxylic acids is 1. The van der Waals surface area contributed by atoms with Crippen LogP contribution in [-0.4, -0.2) is 20.2 Å². The Labute approximate surface area is 95.5 Å². The van der Waals surface area contributed by atoms with E-state index in [4.69, 9.17) is 10.00 Å². The van der Waals surface area contributed by atoms with Gasteiger partial charge in [0.05, 0.1) is 25.9 Å². The van der Waals surface area contributed by atoms with Crippen molar-refractivity contribution in [3.63, 3.8) is 0 Å². The lowest BCUT2D eigenvalue weighted by Crippen LogP contribution is -2.05. The minimum atomic E-state index is -0.511. The summed E-state index contributed by atoms with van der Waals surface area (Å²) in [5.74, 6) is -0.198. The summed E-state index contributed by atoms with van der Waals surface area (Å²) < 4.78 is 10.1. The predicted molar refractivity (Wildman–Crippen MR) is 56.7 cm³/mol. The van der Waals surface area contributed by atoms with Crippen LogP contribution in [-0.2, 0) is 4.74 Å². The van der Waals surface area contributed by atoms with Crippen LogP contribution in [0.2, 0.25) is 0 Å². The molecule has 0 unspecified atom stereocenters. The molecule has 0 radical (unpaired) electrons. The number of benzene rings is 1. The normalized spacial score (nSPS) is 9.20. The van der Waals surface area contributed by atoms with Gasteiger partial charge in [0.2, 0.25) is 0 Å². The highest BCUT2D eigenvalue weighted by Crippen LogP contribution is 2.29. The van der Waals surface area contributed by atoms with Crippen LogP contribution < -0.4 is 4.74 Å². The number of nitrogens with zero attached hydrogens (tertiary/aromatic N) is 1. The molecule has 0 atom stereocenters. The fourth-order valence-corrected chi connectivity index (χ4v) is 1.71. The lowest BCUT2D eigenvalue weighted by Gasteiger charge is -2.08. The van der Waals surface area contributed by atoms with Gasteiger partial charge in [-0.05, 0) is 28.1 Å². The summed E-state index contributed by atoms with van der Waals surface area (Å²) in [5.41, 5.74) is 0.686. The zero-order chi connectivity index (χ0) is 11.4. The van der Waals surface area contributed by atoms with Crippen molar-refractivity contribution in [1.29, 1.82) is 5.26 Å². The molecule has 0 heterocycles. The Morgan fingerprint density at radius 1 is 1.47 bits per heavy atom. The van der Waals surface area contributed by atoms with Crippen molar-refractivity contribution in [1.82, 2.24) is 0 Å². The van der Waals surface area contributed by atoms with Gasteiger partial charge < -0.3 is 9.47 Å². The van der Waals surface area contributed by atoms with Crippen LogP contribution in [0.1, 0.15) is 15.9 Å². The maximum absolute atomic E-state index is 11.4. The fraction of sp³-hybridized carbons (Fsp3) is 0.200. The second kappa shape index (κ2) is 4.80. The lowest BCUT2D eigenvalue weighted by molar-refractivity contribution is 0.0596. The first-order valence-electron chi connectivity index (χ1n) is 4.00. The molecule has 0 aliphatic carbocycles. The summed E-state index contributed by atoms with van der Waals surface area (Å²) in [7, 11) is 2.71. The maximum Gasteiger partial charge on any atom is 0.342 e. The van der Waals surface area contributed by atoms with Gasteiger partial charge in [-0.1, -0.05) is 0 Å². The van der Waals surface area contributed by atoms with Crippen molar-refractivity contribution in [2.45, 2.75) is 0 Å². The Balaban J connectivity index is 3.39. The van der Waals surface area contributed by atoms with Crippen LogP contribution in [0.15, 0.2) is 16.6 Å². The maximum atomic E-state index is 11.4. The molecule has 0 aromatic heterocycles. The number of nitriles is 1. The summed E-state index contributed by atoms with van der Waals surface area (Å²) in [4.78, 5) is 11.4. The van der Waals surface area contributed by atoms with E-state index in [0.29, 0.717) is 15.8 Å². The highest BCUT2D eigenvalue weighted by Gasteiger charge is 2.17. The molecule has 1 rings (SSSR count). The number of hydrogen-bond acceptors (Lipinski definition) is 4. The summed E-state index contributed by atoms with van der Waals surface area (Å²) >= 11 is 3.19. The van der Waals surface area contributed by atoms with Crippen LogP contribution in [0, 0.1) is 11.3 Å². The zero-order valence-corrected chi connectivity index (χ0v) is 9.79. The molecule has 0 bridgehead atoms. The minimum Gasteiger partial charge on any atom is -0.496 e. The number of esters is 1. The van der Waals surface area contributed by atoms with E-state index in [-0.39, 0.29) is 5.56 Å². The third kappa shape index (κ3) is 2.28. The molecule has 0 N–H and O–H groups in total. The second-order valence-corrected chi connectivity index (χ2v) is 3.49. The van der Waals surface area contributed by atoms with Crippen LogP contribution in [0.5, 0.6) is 5.75 Å². The van der Waals surface area contributed by atoms with E-state index in [1.165, 1.54) is 26.4 Å². The number of hydrogen-bond donors (Lipinski definition) is 0. The van der Waals surface area contributed by atoms with Crippen molar-refractivity contribution in [3.05, 3.63) is 27.7 Å². The van der Waals surface area contributed by atoms with Crippen LogP contribution in [0.3, 0.4) is 0 Å². The van der Waals surface area contributed by atoms with Gasteiger partial charge in [0.25, 0.3) is 0 Å². The molecule has 15 heavy (non-hydrogen) atoms. The van der Waals surface area contributed by atoms with Gasteiger partial charge in [-0.15, -0.1) is 0 Å². The molecular weight excluding hydrogens is 262 g/mol. The second-order valence-electron chi connectivity index (χ2n) is 2.64. The Morgan fingerprint density at radius 3 is 2.60 bits per heavy atom. The van der Waals surface area contributed by atoms with E-state index >= 15 is 0 Å². The Hall–Kier alpha value is -1.54. The topological polar surface area (TPSA) is 59.3 Å². The number of carbonyl (C=O) groups is 1. The molecule has 0 fully saturated rings. The molecule has 0 aliphatic rings. The largest absolute Gasteiger partial charge is 0.496 e. The predicted octanol–water partition coefficient (Wildman–Crippen LogP) is 2.12.